The summed E-state index contributed by atoms with van der Waals surface area (Å²) < 4.78 is 14.8. The van der Waals surface area contributed by atoms with Crippen LogP contribution in [0.5, 0.6) is 0 Å². The number of hydrogen-bond acceptors (Lipinski definition) is 8. The third kappa shape index (κ3) is 12.1. The van der Waals surface area contributed by atoms with Gasteiger partial charge in [-0.05, 0) is 181 Å². The van der Waals surface area contributed by atoms with Gasteiger partial charge < -0.3 is 13.7 Å². The fourth-order valence-electron chi connectivity index (χ4n) is 22.3. The van der Waals surface area contributed by atoms with Crippen LogP contribution in [-0.4, -0.2) is 38.6 Å². The van der Waals surface area contributed by atoms with E-state index in [0.717, 1.165) is 99.1 Å². The molecule has 0 aliphatic heterocycles. The highest BCUT2D eigenvalue weighted by Gasteiger charge is 2.28. The van der Waals surface area contributed by atoms with Gasteiger partial charge in [-0.25, -0.2) is 24.9 Å². The van der Waals surface area contributed by atoms with Crippen LogP contribution in [0.3, 0.4) is 0 Å². The van der Waals surface area contributed by atoms with Gasteiger partial charge in [-0.2, -0.15) is 0 Å². The Balaban J connectivity index is 0.000000133. The largest absolute Gasteiger partial charge is 0.309 e. The second-order valence-corrected chi connectivity index (χ2v) is 39.1. The Hall–Kier alpha value is -17.5. The van der Waals surface area contributed by atoms with Crippen molar-refractivity contribution in [2.24, 2.45) is 0 Å². The lowest BCUT2D eigenvalue weighted by Crippen LogP contribution is -2.01. The summed E-state index contributed by atoms with van der Waals surface area (Å²) in [5, 5.41) is 27.8. The molecule has 11 heteroatoms. The van der Waals surface area contributed by atoms with E-state index in [1.54, 1.807) is 22.7 Å². The molecule has 0 saturated heterocycles. The number of nitrogens with zero attached hydrogens (tertiary/aromatic N) is 8. The average Bonchev–Trinajstić information content (AvgIpc) is 1.35. The normalized spacial score (nSPS) is 12.1. The molecular formula is C127H74N8S3. The van der Waals surface area contributed by atoms with Crippen molar-refractivity contribution >= 4 is 225 Å². The van der Waals surface area contributed by atoms with Crippen LogP contribution in [0.2, 0.25) is 0 Å². The lowest BCUT2D eigenvalue weighted by atomic mass is 9.90. The molecular weight excluding hydrogens is 1730 g/mol. The monoisotopic (exact) mass is 1810 g/mol. The van der Waals surface area contributed by atoms with Crippen molar-refractivity contribution in [1.82, 2.24) is 38.6 Å². The van der Waals surface area contributed by atoms with Gasteiger partial charge in [-0.1, -0.05) is 334 Å². The van der Waals surface area contributed by atoms with Gasteiger partial charge in [0.05, 0.1) is 60.4 Å². The number of para-hydroxylation sites is 4. The van der Waals surface area contributed by atoms with Crippen LogP contribution in [0, 0.1) is 0 Å². The first-order valence-corrected chi connectivity index (χ1v) is 49.2. The maximum Gasteiger partial charge on any atom is 0.164 e. The van der Waals surface area contributed by atoms with Gasteiger partial charge in [0.2, 0.25) is 0 Å². The summed E-state index contributed by atoms with van der Waals surface area (Å²) >= 11 is 5.43. The smallest absolute Gasteiger partial charge is 0.164 e. The van der Waals surface area contributed by atoms with Crippen LogP contribution in [0.1, 0.15) is 0 Å². The van der Waals surface area contributed by atoms with Crippen molar-refractivity contribution in [2.45, 2.75) is 0 Å². The van der Waals surface area contributed by atoms with E-state index in [9.17, 15) is 0 Å². The van der Waals surface area contributed by atoms with E-state index < -0.39 is 0 Å². The Bertz CT molecular complexity index is 10400. The first kappa shape index (κ1) is 78.1. The van der Waals surface area contributed by atoms with Crippen LogP contribution in [0.15, 0.2) is 449 Å². The fourth-order valence-corrected chi connectivity index (χ4v) is 25.6. The lowest BCUT2D eigenvalue weighted by molar-refractivity contribution is 1.08. The second kappa shape index (κ2) is 31.1. The van der Waals surface area contributed by atoms with Crippen LogP contribution in [-0.2, 0) is 0 Å². The first-order chi connectivity index (χ1) is 68.4. The molecule has 0 saturated carbocycles. The zero-order valence-corrected chi connectivity index (χ0v) is 76.5. The topological polar surface area (TPSA) is 79.2 Å². The predicted molar refractivity (Wildman–Crippen MR) is 587 cm³/mol. The second-order valence-electron chi connectivity index (χ2n) is 35.9. The van der Waals surface area contributed by atoms with Crippen LogP contribution in [0.25, 0.3) is 287 Å². The van der Waals surface area contributed by atoms with Crippen LogP contribution in [0.4, 0.5) is 0 Å². The Kier molecular flexibility index (Phi) is 17.6. The number of rotatable bonds is 10. The minimum atomic E-state index is 0.640. The Morgan fingerprint density at radius 1 is 0.167 bits per heavy atom. The molecule has 8 aromatic heterocycles. The molecule has 0 atom stereocenters. The summed E-state index contributed by atoms with van der Waals surface area (Å²) in [4.78, 5) is 26.8. The van der Waals surface area contributed by atoms with Gasteiger partial charge in [0.1, 0.15) is 0 Å². The maximum atomic E-state index is 5.46. The highest BCUT2D eigenvalue weighted by atomic mass is 32.1. The minimum absolute atomic E-state index is 0.640. The molecule has 640 valence electrons. The lowest BCUT2D eigenvalue weighted by Gasteiger charge is -2.18. The van der Waals surface area contributed by atoms with Gasteiger partial charge in [-0.3, -0.25) is 0 Å². The van der Waals surface area contributed by atoms with Crippen molar-refractivity contribution in [3.8, 4) is 96.1 Å². The fraction of sp³-hybridized carbons (Fsp3) is 0. The summed E-state index contributed by atoms with van der Waals surface area (Å²) in [5.41, 5.74) is 22.3. The molecule has 8 heterocycles. The van der Waals surface area contributed by atoms with Crippen molar-refractivity contribution in [2.75, 3.05) is 0 Å². The molecule has 0 fully saturated rings. The molecule has 0 N–H and O–H groups in total. The first-order valence-electron chi connectivity index (χ1n) is 46.7. The molecule has 0 amide bonds. The maximum absolute atomic E-state index is 5.46. The molecule has 0 aliphatic carbocycles. The van der Waals surface area contributed by atoms with E-state index in [-0.39, 0.29) is 0 Å². The van der Waals surface area contributed by atoms with E-state index in [1.807, 2.05) is 29.5 Å². The van der Waals surface area contributed by atoms with E-state index in [2.05, 4.69) is 444 Å². The SMILES string of the molecule is c1ccc(-c2nc(-c3ccc4c(c3)sc3ccccc34)nc(-c3cccc4c5ccccc5c5c(-n6c7ccccc7c7cc(-c8ccc9sc%10ccccc%10c9c8)ccc76)cccc5c34)n2)cc1.c1ccc(-c2nc(-c3cccc4c5cccc(-n6c7ccccc7c7cc(-c8ccc9c(c8)c8ccccc8n9-c8ccccc8)ccc76)c5c5ccccc5c34)nc3c2sc2ccccc23)cc1. The molecule has 0 aliphatic rings. The van der Waals surface area contributed by atoms with Crippen molar-refractivity contribution in [1.29, 1.82) is 0 Å². The quantitative estimate of drug-likeness (QED) is 0.128. The summed E-state index contributed by atoms with van der Waals surface area (Å²) in [5.74, 6) is 2.66. The highest BCUT2D eigenvalue weighted by molar-refractivity contribution is 7.26. The molecule has 22 aromatic carbocycles. The number of thiophene rings is 3. The third-order valence-electron chi connectivity index (χ3n) is 28.3. The van der Waals surface area contributed by atoms with Crippen LogP contribution < -0.4 is 0 Å². The van der Waals surface area contributed by atoms with Gasteiger partial charge >= 0.3 is 0 Å². The average molecular weight is 1810 g/mol. The standard InChI is InChI=1S/C64H38N4S.C63H36N4S2/c1-3-17-39(18-4-1)61-63-62(49-25-11-14-32-58(49)69-63)66-64(65-61)50-28-15-26-46-48-27-16-31-57(60(48)47-24-8-7-23-45(47)59(46)50)68-54-30-13-10-22-44(54)52-38-41(34-36-56(52)68)40-33-35-55-51(37-40)43-21-9-12-29-53(43)67(55)42-19-5-2-6-20-42;1-2-14-37(15-3-1)61-64-62(40-28-31-45-43-18-7-10-26-55(43)69-58(45)36-40)66-63(65-61)49-23-12-21-46-41-16-4-5-20-47(41)60-48(59(46)49)22-13-25-54(60)67-52-24-9-6-17-42(52)50-34-38(29-32-53(50)67)39-30-33-57-51(35-39)44-19-8-11-27-56(44)68-57/h1-38H;1-36H. The number of fused-ring (bicyclic) bond motifs is 30. The van der Waals surface area contributed by atoms with E-state index in [0.29, 0.717) is 17.5 Å². The van der Waals surface area contributed by atoms with E-state index >= 15 is 0 Å². The van der Waals surface area contributed by atoms with Gasteiger partial charge in [-0.15, -0.1) is 34.0 Å². The molecule has 8 nitrogen and oxygen atoms in total. The number of aromatic nitrogens is 8. The zero-order chi connectivity index (χ0) is 90.3. The van der Waals surface area contributed by atoms with Crippen molar-refractivity contribution in [3.05, 3.63) is 449 Å². The molecule has 30 aromatic rings. The van der Waals surface area contributed by atoms with Gasteiger partial charge in [0.15, 0.2) is 23.3 Å². The molecule has 0 bridgehead atoms. The third-order valence-corrected chi connectivity index (χ3v) is 31.8. The summed E-state index contributed by atoms with van der Waals surface area (Å²) in [6.45, 7) is 0. The Morgan fingerprint density at radius 3 is 1.09 bits per heavy atom. The van der Waals surface area contributed by atoms with Crippen LogP contribution >= 0.6 is 34.0 Å². The Labute approximate surface area is 802 Å². The molecule has 30 rings (SSSR count). The zero-order valence-electron chi connectivity index (χ0n) is 74.0. The predicted octanol–water partition coefficient (Wildman–Crippen LogP) is 35.3. The van der Waals surface area contributed by atoms with Crippen molar-refractivity contribution in [3.63, 3.8) is 0 Å². The Morgan fingerprint density at radius 2 is 0.514 bits per heavy atom. The summed E-state index contributed by atoms with van der Waals surface area (Å²) in [6.07, 6.45) is 0. The number of benzene rings is 22. The molecule has 0 spiro atoms. The minimum Gasteiger partial charge on any atom is -0.309 e. The molecule has 138 heavy (non-hydrogen) atoms. The van der Waals surface area contributed by atoms with Crippen molar-refractivity contribution < 1.29 is 0 Å². The number of hydrogen-bond donors (Lipinski definition) is 0. The van der Waals surface area contributed by atoms with E-state index in [4.69, 9.17) is 24.9 Å². The summed E-state index contributed by atoms with van der Waals surface area (Å²) in [7, 11) is 0. The van der Waals surface area contributed by atoms with Gasteiger partial charge in [0, 0.05) is 138 Å². The summed E-state index contributed by atoms with van der Waals surface area (Å²) in [6, 6.07) is 163. The highest BCUT2D eigenvalue weighted by Crippen LogP contribution is 2.51. The van der Waals surface area contributed by atoms with E-state index in [1.165, 1.54) is 170 Å². The molecule has 0 radical (unpaired) electrons. The van der Waals surface area contributed by atoms with Gasteiger partial charge in [0.25, 0.3) is 0 Å². The molecule has 0 unspecified atom stereocenters.